The summed E-state index contributed by atoms with van der Waals surface area (Å²) in [5.41, 5.74) is 0. The molecular weight excluding hydrogens is 366 g/mol. The van der Waals surface area contributed by atoms with Crippen LogP contribution >= 0.6 is 11.6 Å². The van der Waals surface area contributed by atoms with E-state index in [2.05, 4.69) is 4.90 Å². The first-order valence-corrected chi connectivity index (χ1v) is 10.1. The predicted molar refractivity (Wildman–Crippen MR) is 94.0 cm³/mol. The number of halogens is 1. The first-order valence-electron chi connectivity index (χ1n) is 8.31. The van der Waals surface area contributed by atoms with Gasteiger partial charge in [0.05, 0.1) is 24.8 Å². The van der Waals surface area contributed by atoms with E-state index in [0.29, 0.717) is 32.8 Å². The highest BCUT2D eigenvalue weighted by molar-refractivity contribution is 7.89. The summed E-state index contributed by atoms with van der Waals surface area (Å²) in [7, 11) is -3.63. The molecule has 2 fully saturated rings. The highest BCUT2D eigenvalue weighted by Crippen LogP contribution is 2.25. The van der Waals surface area contributed by atoms with Gasteiger partial charge in [0.2, 0.25) is 15.9 Å². The molecule has 0 spiro atoms. The second kappa shape index (κ2) is 8.01. The van der Waals surface area contributed by atoms with Crippen LogP contribution in [-0.2, 0) is 19.6 Å². The van der Waals surface area contributed by atoms with Crippen LogP contribution in [0.2, 0.25) is 5.02 Å². The van der Waals surface area contributed by atoms with Gasteiger partial charge in [-0.3, -0.25) is 9.69 Å². The maximum absolute atomic E-state index is 12.7. The van der Waals surface area contributed by atoms with E-state index in [1.807, 2.05) is 0 Å². The minimum Gasteiger partial charge on any atom is -0.379 e. The summed E-state index contributed by atoms with van der Waals surface area (Å²) in [6.07, 6.45) is 0. The average molecular weight is 388 g/mol. The number of morpholine rings is 1. The van der Waals surface area contributed by atoms with Gasteiger partial charge in [0.15, 0.2) is 0 Å². The molecule has 0 saturated carbocycles. The van der Waals surface area contributed by atoms with Gasteiger partial charge in [-0.25, -0.2) is 8.42 Å². The molecule has 0 aliphatic carbocycles. The third-order valence-corrected chi connectivity index (χ3v) is 6.91. The quantitative estimate of drug-likeness (QED) is 0.752. The van der Waals surface area contributed by atoms with Crippen molar-refractivity contribution in [2.24, 2.45) is 0 Å². The standard InChI is InChI=1S/C16H22ClN3O4S/c17-14-3-1-2-4-15(14)25(22,23)20-7-5-19(6-8-20)16(21)13-18-9-11-24-12-10-18/h1-4H,5-13H2. The van der Waals surface area contributed by atoms with E-state index in [1.54, 1.807) is 23.1 Å². The second-order valence-corrected chi connectivity index (χ2v) is 8.42. The van der Waals surface area contributed by atoms with Crippen molar-refractivity contribution in [3.8, 4) is 0 Å². The second-order valence-electron chi connectivity index (χ2n) is 6.10. The molecule has 3 rings (SSSR count). The van der Waals surface area contributed by atoms with Crippen LogP contribution in [-0.4, -0.2) is 87.5 Å². The van der Waals surface area contributed by atoms with Crippen molar-refractivity contribution < 1.29 is 17.9 Å². The number of ether oxygens (including phenoxy) is 1. The van der Waals surface area contributed by atoms with Crippen LogP contribution in [0.4, 0.5) is 0 Å². The summed E-state index contributed by atoms with van der Waals surface area (Å²) < 4.78 is 32.1. The Morgan fingerprint density at radius 2 is 1.68 bits per heavy atom. The average Bonchev–Trinajstić information content (AvgIpc) is 2.63. The zero-order valence-corrected chi connectivity index (χ0v) is 15.5. The topological polar surface area (TPSA) is 70.2 Å². The lowest BCUT2D eigenvalue weighted by molar-refractivity contribution is -0.134. The maximum Gasteiger partial charge on any atom is 0.244 e. The zero-order chi connectivity index (χ0) is 17.9. The Bertz CT molecular complexity index is 714. The largest absolute Gasteiger partial charge is 0.379 e. The molecule has 2 aliphatic rings. The summed E-state index contributed by atoms with van der Waals surface area (Å²) in [6, 6.07) is 6.43. The predicted octanol–water partition coefficient (Wildman–Crippen LogP) is 0.505. The third-order valence-electron chi connectivity index (χ3n) is 4.51. The molecular formula is C16H22ClN3O4S. The van der Waals surface area contributed by atoms with Crippen molar-refractivity contribution >= 4 is 27.5 Å². The molecule has 25 heavy (non-hydrogen) atoms. The van der Waals surface area contributed by atoms with E-state index in [1.165, 1.54) is 10.4 Å². The van der Waals surface area contributed by atoms with Crippen LogP contribution < -0.4 is 0 Å². The lowest BCUT2D eigenvalue weighted by Gasteiger charge is -2.35. The number of carbonyl (C=O) groups excluding carboxylic acids is 1. The lowest BCUT2D eigenvalue weighted by Crippen LogP contribution is -2.53. The molecule has 7 nitrogen and oxygen atoms in total. The van der Waals surface area contributed by atoms with Crippen LogP contribution in [0.25, 0.3) is 0 Å². The summed E-state index contributed by atoms with van der Waals surface area (Å²) in [5, 5.41) is 0.216. The minimum atomic E-state index is -3.63. The normalized spacial score (nSPS) is 20.6. The van der Waals surface area contributed by atoms with Crippen LogP contribution in [0.5, 0.6) is 0 Å². The van der Waals surface area contributed by atoms with Crippen LogP contribution in [0.15, 0.2) is 29.2 Å². The molecule has 0 unspecified atom stereocenters. The Morgan fingerprint density at radius 1 is 1.04 bits per heavy atom. The summed E-state index contributed by atoms with van der Waals surface area (Å²) in [5.74, 6) is 0.0386. The van der Waals surface area contributed by atoms with E-state index in [9.17, 15) is 13.2 Å². The van der Waals surface area contributed by atoms with Crippen molar-refractivity contribution in [2.45, 2.75) is 4.90 Å². The molecule has 0 atom stereocenters. The molecule has 2 saturated heterocycles. The van der Waals surface area contributed by atoms with Crippen LogP contribution in [0.1, 0.15) is 0 Å². The number of sulfonamides is 1. The number of hydrogen-bond donors (Lipinski definition) is 0. The van der Waals surface area contributed by atoms with Gasteiger partial charge in [0.1, 0.15) is 4.90 Å². The van der Waals surface area contributed by atoms with Crippen molar-refractivity contribution in [1.29, 1.82) is 0 Å². The Hall–Kier alpha value is -1.19. The monoisotopic (exact) mass is 387 g/mol. The van der Waals surface area contributed by atoms with Crippen molar-refractivity contribution in [1.82, 2.24) is 14.1 Å². The Morgan fingerprint density at radius 3 is 2.32 bits per heavy atom. The Kier molecular flexibility index (Phi) is 5.96. The maximum atomic E-state index is 12.7. The smallest absolute Gasteiger partial charge is 0.244 e. The van der Waals surface area contributed by atoms with Crippen molar-refractivity contribution in [2.75, 3.05) is 59.0 Å². The molecule has 0 aromatic heterocycles. The molecule has 1 amide bonds. The fourth-order valence-corrected chi connectivity index (χ4v) is 4.94. The first-order chi connectivity index (χ1) is 12.0. The third kappa shape index (κ3) is 4.32. The fourth-order valence-electron chi connectivity index (χ4n) is 3.02. The van der Waals surface area contributed by atoms with Gasteiger partial charge in [-0.1, -0.05) is 23.7 Å². The van der Waals surface area contributed by atoms with Gasteiger partial charge < -0.3 is 9.64 Å². The Balaban J connectivity index is 1.58. The molecule has 1 aromatic rings. The number of hydrogen-bond acceptors (Lipinski definition) is 5. The number of carbonyl (C=O) groups is 1. The summed E-state index contributed by atoms with van der Waals surface area (Å²) >= 11 is 6.03. The summed E-state index contributed by atoms with van der Waals surface area (Å²) in [6.45, 7) is 4.53. The number of rotatable bonds is 4. The summed E-state index contributed by atoms with van der Waals surface area (Å²) in [4.78, 5) is 16.3. The van der Waals surface area contributed by atoms with E-state index in [4.69, 9.17) is 16.3 Å². The SMILES string of the molecule is O=C(CN1CCOCC1)N1CCN(S(=O)(=O)c2ccccc2Cl)CC1. The molecule has 1 aromatic carbocycles. The van der Waals surface area contributed by atoms with Gasteiger partial charge in [-0.2, -0.15) is 4.31 Å². The molecule has 0 N–H and O–H groups in total. The van der Waals surface area contributed by atoms with E-state index in [-0.39, 0.29) is 28.9 Å². The number of benzene rings is 1. The number of amides is 1. The van der Waals surface area contributed by atoms with E-state index >= 15 is 0 Å². The number of nitrogens with zero attached hydrogens (tertiary/aromatic N) is 3. The highest BCUT2D eigenvalue weighted by Gasteiger charge is 2.31. The fraction of sp³-hybridized carbons (Fsp3) is 0.562. The lowest BCUT2D eigenvalue weighted by atomic mass is 10.3. The zero-order valence-electron chi connectivity index (χ0n) is 13.9. The van der Waals surface area contributed by atoms with Crippen molar-refractivity contribution in [3.05, 3.63) is 29.3 Å². The highest BCUT2D eigenvalue weighted by atomic mass is 35.5. The van der Waals surface area contributed by atoms with Gasteiger partial charge in [-0.05, 0) is 12.1 Å². The van der Waals surface area contributed by atoms with E-state index in [0.717, 1.165) is 13.1 Å². The molecule has 9 heteroatoms. The van der Waals surface area contributed by atoms with Gasteiger partial charge in [0, 0.05) is 39.3 Å². The molecule has 2 heterocycles. The van der Waals surface area contributed by atoms with Gasteiger partial charge in [0.25, 0.3) is 0 Å². The van der Waals surface area contributed by atoms with Crippen LogP contribution in [0, 0.1) is 0 Å². The molecule has 0 radical (unpaired) electrons. The van der Waals surface area contributed by atoms with Crippen molar-refractivity contribution in [3.63, 3.8) is 0 Å². The van der Waals surface area contributed by atoms with Gasteiger partial charge >= 0.3 is 0 Å². The molecule has 138 valence electrons. The Labute approximate surface area is 153 Å². The van der Waals surface area contributed by atoms with Crippen LogP contribution in [0.3, 0.4) is 0 Å². The first kappa shape index (κ1) is 18.6. The van der Waals surface area contributed by atoms with Gasteiger partial charge in [-0.15, -0.1) is 0 Å². The molecule has 0 bridgehead atoms. The minimum absolute atomic E-state index is 0.0386. The number of piperazine rings is 1. The van der Waals surface area contributed by atoms with E-state index < -0.39 is 10.0 Å². The molecule has 2 aliphatic heterocycles.